The molecule has 164 valence electrons. The van der Waals surface area contributed by atoms with Crippen LogP contribution < -0.4 is 5.32 Å². The molecule has 0 bridgehead atoms. The predicted molar refractivity (Wildman–Crippen MR) is 118 cm³/mol. The first kappa shape index (κ1) is 20.5. The van der Waals surface area contributed by atoms with E-state index in [1.54, 1.807) is 12.1 Å². The second-order valence-corrected chi connectivity index (χ2v) is 8.12. The fourth-order valence-electron chi connectivity index (χ4n) is 4.39. The van der Waals surface area contributed by atoms with Crippen LogP contribution in [0, 0.1) is 0 Å². The van der Waals surface area contributed by atoms with Crippen LogP contribution >= 0.6 is 0 Å². The molecule has 1 saturated carbocycles. The quantitative estimate of drug-likeness (QED) is 0.367. The smallest absolute Gasteiger partial charge is 0.307 e. The molecule has 0 unspecified atom stereocenters. The topological polar surface area (TPSA) is 66.5 Å². The van der Waals surface area contributed by atoms with Gasteiger partial charge in [0, 0.05) is 22.6 Å². The van der Waals surface area contributed by atoms with E-state index in [4.69, 9.17) is 4.98 Å². The number of para-hydroxylation sites is 1. The Labute approximate surface area is 183 Å². The molecule has 1 aliphatic rings. The number of nitrogens with one attached hydrogen (secondary N) is 2. The second-order valence-electron chi connectivity index (χ2n) is 8.12. The summed E-state index contributed by atoms with van der Waals surface area (Å²) < 4.78 is 41.1. The Kier molecular flexibility index (Phi) is 5.28. The van der Waals surface area contributed by atoms with Crippen molar-refractivity contribution >= 4 is 22.7 Å². The van der Waals surface area contributed by atoms with Crippen molar-refractivity contribution in [2.45, 2.75) is 44.2 Å². The Bertz CT molecular complexity index is 1240. The van der Waals surface area contributed by atoms with Gasteiger partial charge in [-0.2, -0.15) is 18.3 Å². The number of alkyl halides is 3. The van der Waals surface area contributed by atoms with Gasteiger partial charge in [0.25, 0.3) is 0 Å². The highest BCUT2D eigenvalue weighted by molar-refractivity contribution is 5.90. The molecule has 8 heteroatoms. The molecule has 0 saturated heterocycles. The lowest BCUT2D eigenvalue weighted by atomic mass is 9.86. The number of hydrogen-bond donors (Lipinski definition) is 2. The molecular formula is C24H22F3N5. The number of nitrogens with zero attached hydrogens (tertiary/aromatic N) is 3. The Balaban J connectivity index is 1.61. The largest absolute Gasteiger partial charge is 0.417 e. The van der Waals surface area contributed by atoms with E-state index in [2.05, 4.69) is 20.5 Å². The van der Waals surface area contributed by atoms with Gasteiger partial charge >= 0.3 is 6.18 Å². The summed E-state index contributed by atoms with van der Waals surface area (Å²) in [5.41, 5.74) is 1.23. The molecule has 0 amide bonds. The van der Waals surface area contributed by atoms with Crippen molar-refractivity contribution < 1.29 is 13.2 Å². The fourth-order valence-corrected chi connectivity index (χ4v) is 4.39. The van der Waals surface area contributed by atoms with Crippen molar-refractivity contribution in [1.82, 2.24) is 20.2 Å². The number of anilines is 2. The van der Waals surface area contributed by atoms with Crippen LogP contribution in [0.1, 0.15) is 49.3 Å². The number of H-pyrrole nitrogens is 1. The number of halogens is 3. The standard InChI is InChI=1S/C24H22F3N5/c25-24(26,27)18-12-6-4-10-16(18)21-14-20(15-8-2-1-3-9-15)28-23(29-21)30-22-17-11-5-7-13-19(17)31-32-22/h4-7,10-15H,1-3,8-9H2,(H2,28,29,30,31,32). The van der Waals surface area contributed by atoms with E-state index in [-0.39, 0.29) is 23.1 Å². The Morgan fingerprint density at radius 3 is 2.47 bits per heavy atom. The zero-order valence-corrected chi connectivity index (χ0v) is 17.3. The van der Waals surface area contributed by atoms with E-state index in [1.165, 1.54) is 18.6 Å². The van der Waals surface area contributed by atoms with Crippen LogP contribution in [0.15, 0.2) is 54.6 Å². The number of aromatic nitrogens is 4. The third-order valence-corrected chi connectivity index (χ3v) is 5.98. The monoisotopic (exact) mass is 437 g/mol. The summed E-state index contributed by atoms with van der Waals surface area (Å²) in [4.78, 5) is 9.18. The minimum atomic E-state index is -4.47. The van der Waals surface area contributed by atoms with Gasteiger partial charge in [0.1, 0.15) is 0 Å². The van der Waals surface area contributed by atoms with E-state index < -0.39 is 11.7 Å². The van der Waals surface area contributed by atoms with Gasteiger partial charge in [0.05, 0.1) is 16.8 Å². The summed E-state index contributed by atoms with van der Waals surface area (Å²) in [5.74, 6) is 0.994. The highest BCUT2D eigenvalue weighted by atomic mass is 19.4. The van der Waals surface area contributed by atoms with Gasteiger partial charge in [0.2, 0.25) is 5.95 Å². The van der Waals surface area contributed by atoms with Gasteiger partial charge in [0.15, 0.2) is 5.82 Å². The van der Waals surface area contributed by atoms with Gasteiger partial charge in [-0.15, -0.1) is 0 Å². The minimum Gasteiger partial charge on any atom is -0.307 e. The molecule has 0 aliphatic heterocycles. The summed E-state index contributed by atoms with van der Waals surface area (Å²) in [7, 11) is 0. The van der Waals surface area contributed by atoms with Crippen LogP contribution in [0.2, 0.25) is 0 Å². The maximum atomic E-state index is 13.7. The zero-order valence-electron chi connectivity index (χ0n) is 17.3. The fraction of sp³-hybridized carbons (Fsp3) is 0.292. The van der Waals surface area contributed by atoms with Crippen LogP contribution in [0.3, 0.4) is 0 Å². The molecule has 2 aromatic carbocycles. The van der Waals surface area contributed by atoms with Crippen LogP contribution in [0.25, 0.3) is 22.2 Å². The van der Waals surface area contributed by atoms with Crippen LogP contribution in [0.5, 0.6) is 0 Å². The number of fused-ring (bicyclic) bond motifs is 1. The van der Waals surface area contributed by atoms with Gasteiger partial charge in [-0.25, -0.2) is 9.97 Å². The molecule has 32 heavy (non-hydrogen) atoms. The van der Waals surface area contributed by atoms with Gasteiger partial charge < -0.3 is 5.32 Å². The van der Waals surface area contributed by atoms with Crippen molar-refractivity contribution in [2.75, 3.05) is 5.32 Å². The Hall–Kier alpha value is -3.42. The van der Waals surface area contributed by atoms with Crippen molar-refractivity contribution in [3.05, 3.63) is 65.9 Å². The molecule has 2 N–H and O–H groups in total. The normalized spacial score (nSPS) is 15.2. The SMILES string of the molecule is FC(F)(F)c1ccccc1-c1cc(C2CCCCC2)nc(Nc2n[nH]c3ccccc23)n1. The summed E-state index contributed by atoms with van der Waals surface area (Å²) in [5, 5.41) is 11.2. The van der Waals surface area contributed by atoms with Crippen molar-refractivity contribution in [2.24, 2.45) is 0 Å². The first-order valence-corrected chi connectivity index (χ1v) is 10.7. The van der Waals surface area contributed by atoms with Gasteiger partial charge in [-0.1, -0.05) is 49.6 Å². The molecule has 1 fully saturated rings. The number of aromatic amines is 1. The zero-order chi connectivity index (χ0) is 22.1. The molecule has 0 atom stereocenters. The molecule has 2 heterocycles. The molecule has 0 radical (unpaired) electrons. The number of rotatable bonds is 4. The third-order valence-electron chi connectivity index (χ3n) is 5.98. The lowest BCUT2D eigenvalue weighted by Gasteiger charge is -2.22. The van der Waals surface area contributed by atoms with Gasteiger partial charge in [-0.05, 0) is 37.1 Å². The molecule has 4 aromatic rings. The second kappa shape index (κ2) is 8.26. The highest BCUT2D eigenvalue weighted by Gasteiger charge is 2.34. The summed E-state index contributed by atoms with van der Waals surface area (Å²) in [6.45, 7) is 0. The average molecular weight is 437 g/mol. The first-order valence-electron chi connectivity index (χ1n) is 10.7. The minimum absolute atomic E-state index is 0.0504. The lowest BCUT2D eigenvalue weighted by molar-refractivity contribution is -0.137. The lowest BCUT2D eigenvalue weighted by Crippen LogP contribution is -2.11. The van der Waals surface area contributed by atoms with E-state index in [0.29, 0.717) is 5.82 Å². The average Bonchev–Trinajstić information content (AvgIpc) is 3.22. The third kappa shape index (κ3) is 4.04. The summed E-state index contributed by atoms with van der Waals surface area (Å²) in [6.07, 6.45) is 0.838. The highest BCUT2D eigenvalue weighted by Crippen LogP contribution is 2.39. The Morgan fingerprint density at radius 2 is 1.66 bits per heavy atom. The van der Waals surface area contributed by atoms with Crippen LogP contribution in [-0.4, -0.2) is 20.2 Å². The van der Waals surface area contributed by atoms with E-state index in [0.717, 1.165) is 48.3 Å². The maximum absolute atomic E-state index is 13.7. The Morgan fingerprint density at radius 1 is 0.906 bits per heavy atom. The predicted octanol–water partition coefficient (Wildman–Crippen LogP) is 6.83. The summed E-state index contributed by atoms with van der Waals surface area (Å²) >= 11 is 0. The maximum Gasteiger partial charge on any atom is 0.417 e. The molecule has 1 aliphatic carbocycles. The van der Waals surface area contributed by atoms with Crippen molar-refractivity contribution in [3.63, 3.8) is 0 Å². The van der Waals surface area contributed by atoms with E-state index in [1.807, 2.05) is 24.3 Å². The van der Waals surface area contributed by atoms with Crippen molar-refractivity contribution in [3.8, 4) is 11.3 Å². The molecule has 5 nitrogen and oxygen atoms in total. The molecule has 0 spiro atoms. The van der Waals surface area contributed by atoms with Crippen LogP contribution in [0.4, 0.5) is 24.9 Å². The molecule has 2 aromatic heterocycles. The van der Waals surface area contributed by atoms with Crippen molar-refractivity contribution in [1.29, 1.82) is 0 Å². The van der Waals surface area contributed by atoms with Gasteiger partial charge in [-0.3, -0.25) is 5.10 Å². The molecular weight excluding hydrogens is 415 g/mol. The first-order chi connectivity index (χ1) is 15.5. The summed E-state index contributed by atoms with van der Waals surface area (Å²) in [6, 6.07) is 14.9. The van der Waals surface area contributed by atoms with E-state index in [9.17, 15) is 13.2 Å². The molecule has 5 rings (SSSR count). The van der Waals surface area contributed by atoms with Crippen LogP contribution in [-0.2, 0) is 6.18 Å². The number of hydrogen-bond acceptors (Lipinski definition) is 4. The van der Waals surface area contributed by atoms with E-state index >= 15 is 0 Å². The number of benzene rings is 2.